The van der Waals surface area contributed by atoms with E-state index in [0.717, 1.165) is 12.1 Å². The lowest BCUT2D eigenvalue weighted by molar-refractivity contribution is -0.137. The fraction of sp³-hybridized carbons (Fsp3) is 0.222. The van der Waals surface area contributed by atoms with Gasteiger partial charge in [-0.15, -0.1) is 0 Å². The Morgan fingerprint density at radius 2 is 1.71 bits per heavy atom. The second kappa shape index (κ2) is 10.1. The summed E-state index contributed by atoms with van der Waals surface area (Å²) < 4.78 is 54.1. The summed E-state index contributed by atoms with van der Waals surface area (Å²) in [5, 5.41) is 3.14. The summed E-state index contributed by atoms with van der Waals surface area (Å²) in [7, 11) is 0. The van der Waals surface area contributed by atoms with Crippen LogP contribution >= 0.6 is 11.6 Å². The number of nitrogens with zero attached hydrogens (tertiary/aromatic N) is 3. The van der Waals surface area contributed by atoms with Gasteiger partial charge in [0, 0.05) is 23.7 Å². The maximum absolute atomic E-state index is 14.4. The number of piperazine rings is 1. The molecule has 2 heterocycles. The number of rotatable bonds is 3. The predicted octanol–water partition coefficient (Wildman–Crippen LogP) is 5.59. The monoisotopic (exact) mass is 544 g/mol. The highest BCUT2D eigenvalue weighted by Crippen LogP contribution is 2.44. The summed E-state index contributed by atoms with van der Waals surface area (Å²) in [6, 6.07) is 14.7. The topological polar surface area (TPSA) is 65.0 Å². The van der Waals surface area contributed by atoms with Crippen molar-refractivity contribution in [2.75, 3.05) is 19.6 Å². The molecule has 2 aliphatic heterocycles. The van der Waals surface area contributed by atoms with Gasteiger partial charge in [-0.25, -0.2) is 9.18 Å². The van der Waals surface area contributed by atoms with Gasteiger partial charge in [-0.3, -0.25) is 14.7 Å². The van der Waals surface area contributed by atoms with E-state index in [-0.39, 0.29) is 36.9 Å². The molecule has 0 bridgehead atoms. The van der Waals surface area contributed by atoms with Gasteiger partial charge < -0.3 is 10.2 Å². The van der Waals surface area contributed by atoms with E-state index in [1.54, 1.807) is 30.3 Å². The molecule has 1 fully saturated rings. The molecule has 38 heavy (non-hydrogen) atoms. The zero-order valence-corrected chi connectivity index (χ0v) is 20.5. The largest absolute Gasteiger partial charge is 0.416 e. The summed E-state index contributed by atoms with van der Waals surface area (Å²) >= 11 is 6.08. The lowest BCUT2D eigenvalue weighted by Crippen LogP contribution is -2.55. The number of alkyl halides is 3. The van der Waals surface area contributed by atoms with Gasteiger partial charge in [0.1, 0.15) is 24.2 Å². The maximum Gasteiger partial charge on any atom is 0.416 e. The fourth-order valence-electron chi connectivity index (χ4n) is 4.66. The Morgan fingerprint density at radius 1 is 1.00 bits per heavy atom. The standard InChI is InChI=1S/C27H21ClF4N4O2/c28-20-10-6-16(7-11-20)23-24(18-2-1-3-21(29)14-18)36(26(38)35-13-12-33-22(37)15-35)25(34-23)17-4-8-19(9-5-17)27(30,31)32/h1-11,14,23-24H,12-13,15H2,(H,33,37). The third-order valence-electron chi connectivity index (χ3n) is 6.45. The first-order chi connectivity index (χ1) is 18.1. The number of hydrogen-bond acceptors (Lipinski definition) is 3. The third-order valence-corrected chi connectivity index (χ3v) is 6.71. The summed E-state index contributed by atoms with van der Waals surface area (Å²) in [5.41, 5.74) is 0.525. The highest BCUT2D eigenvalue weighted by atomic mass is 35.5. The van der Waals surface area contributed by atoms with Crippen LogP contribution in [0.25, 0.3) is 0 Å². The fourth-order valence-corrected chi connectivity index (χ4v) is 4.79. The van der Waals surface area contributed by atoms with Crippen molar-refractivity contribution in [3.05, 3.63) is 106 Å². The van der Waals surface area contributed by atoms with Crippen LogP contribution in [0.2, 0.25) is 5.02 Å². The van der Waals surface area contributed by atoms with E-state index in [4.69, 9.17) is 16.6 Å². The van der Waals surface area contributed by atoms with Crippen molar-refractivity contribution < 1.29 is 27.2 Å². The molecule has 2 unspecified atom stereocenters. The molecule has 0 radical (unpaired) electrons. The van der Waals surface area contributed by atoms with Crippen LogP contribution in [0.3, 0.4) is 0 Å². The van der Waals surface area contributed by atoms with Crippen LogP contribution in [-0.4, -0.2) is 47.2 Å². The van der Waals surface area contributed by atoms with E-state index in [1.807, 2.05) is 0 Å². The molecule has 1 N–H and O–H groups in total. The van der Waals surface area contributed by atoms with E-state index in [0.29, 0.717) is 16.1 Å². The average Bonchev–Trinajstić information content (AvgIpc) is 3.29. The van der Waals surface area contributed by atoms with Crippen molar-refractivity contribution in [1.29, 1.82) is 0 Å². The average molecular weight is 545 g/mol. The van der Waals surface area contributed by atoms with Gasteiger partial charge in [0.2, 0.25) is 5.91 Å². The Kier molecular flexibility index (Phi) is 6.83. The van der Waals surface area contributed by atoms with E-state index in [1.165, 1.54) is 40.1 Å². The highest BCUT2D eigenvalue weighted by Gasteiger charge is 2.44. The van der Waals surface area contributed by atoms with Crippen LogP contribution in [0.5, 0.6) is 0 Å². The van der Waals surface area contributed by atoms with Crippen molar-refractivity contribution in [1.82, 2.24) is 15.1 Å². The van der Waals surface area contributed by atoms with Crippen LogP contribution in [0, 0.1) is 5.82 Å². The Morgan fingerprint density at radius 3 is 2.34 bits per heavy atom. The van der Waals surface area contributed by atoms with Crippen molar-refractivity contribution in [2.45, 2.75) is 18.3 Å². The number of aliphatic imine (C=N–C) groups is 1. The summed E-state index contributed by atoms with van der Waals surface area (Å²) in [6.45, 7) is 0.274. The number of urea groups is 1. The number of amidine groups is 1. The molecule has 196 valence electrons. The van der Waals surface area contributed by atoms with Gasteiger partial charge in [0.05, 0.1) is 11.6 Å². The van der Waals surface area contributed by atoms with Gasteiger partial charge in [-0.1, -0.05) is 48.0 Å². The molecule has 11 heteroatoms. The van der Waals surface area contributed by atoms with Gasteiger partial charge >= 0.3 is 12.2 Å². The lowest BCUT2D eigenvalue weighted by atomic mass is 9.93. The first-order valence-corrected chi connectivity index (χ1v) is 12.1. The second-order valence-electron chi connectivity index (χ2n) is 8.95. The van der Waals surface area contributed by atoms with Gasteiger partial charge in [-0.05, 0) is 47.5 Å². The Labute approximate surface area is 220 Å². The molecule has 3 aromatic carbocycles. The highest BCUT2D eigenvalue weighted by molar-refractivity contribution is 6.30. The van der Waals surface area contributed by atoms with E-state index >= 15 is 0 Å². The minimum Gasteiger partial charge on any atom is -0.353 e. The molecule has 5 rings (SSSR count). The minimum atomic E-state index is -4.54. The van der Waals surface area contributed by atoms with Crippen molar-refractivity contribution >= 4 is 29.4 Å². The molecule has 0 saturated carbocycles. The Bertz CT molecular complexity index is 1390. The van der Waals surface area contributed by atoms with Crippen LogP contribution in [-0.2, 0) is 11.0 Å². The molecular weight excluding hydrogens is 524 g/mol. The third kappa shape index (κ3) is 5.08. The first-order valence-electron chi connectivity index (χ1n) is 11.7. The molecule has 0 aromatic heterocycles. The number of carbonyl (C=O) groups excluding carboxylic acids is 2. The van der Waals surface area contributed by atoms with Crippen molar-refractivity contribution in [3.63, 3.8) is 0 Å². The molecule has 0 spiro atoms. The number of amides is 3. The number of halogens is 5. The number of hydrogen-bond donors (Lipinski definition) is 1. The van der Waals surface area contributed by atoms with Gasteiger partial charge in [0.25, 0.3) is 0 Å². The molecular formula is C27H21ClF4N4O2. The van der Waals surface area contributed by atoms with Crippen LogP contribution in [0.15, 0.2) is 77.8 Å². The summed E-state index contributed by atoms with van der Waals surface area (Å²) in [4.78, 5) is 33.5. The molecule has 2 aliphatic rings. The number of nitrogens with one attached hydrogen (secondary N) is 1. The molecule has 3 amide bonds. The van der Waals surface area contributed by atoms with E-state index < -0.39 is 35.7 Å². The van der Waals surface area contributed by atoms with Crippen LogP contribution in [0.4, 0.5) is 22.4 Å². The van der Waals surface area contributed by atoms with Crippen LogP contribution < -0.4 is 5.32 Å². The van der Waals surface area contributed by atoms with Gasteiger partial charge in [-0.2, -0.15) is 13.2 Å². The predicted molar refractivity (Wildman–Crippen MR) is 133 cm³/mol. The SMILES string of the molecule is O=C1CN(C(=O)N2C(c3ccc(C(F)(F)F)cc3)=NC(c3ccc(Cl)cc3)C2c2cccc(F)c2)CCN1. The lowest BCUT2D eigenvalue weighted by Gasteiger charge is -2.35. The zero-order valence-electron chi connectivity index (χ0n) is 19.8. The molecule has 2 atom stereocenters. The molecule has 1 saturated heterocycles. The second-order valence-corrected chi connectivity index (χ2v) is 9.38. The molecule has 6 nitrogen and oxygen atoms in total. The maximum atomic E-state index is 14.4. The van der Waals surface area contributed by atoms with E-state index in [2.05, 4.69) is 5.32 Å². The quantitative estimate of drug-likeness (QED) is 0.437. The Balaban J connectivity index is 1.66. The summed E-state index contributed by atoms with van der Waals surface area (Å²) in [6.07, 6.45) is -4.54. The smallest absolute Gasteiger partial charge is 0.353 e. The zero-order chi connectivity index (χ0) is 27.0. The number of benzene rings is 3. The number of carbonyl (C=O) groups is 2. The van der Waals surface area contributed by atoms with E-state index in [9.17, 15) is 27.2 Å². The van der Waals surface area contributed by atoms with Gasteiger partial charge in [0.15, 0.2) is 0 Å². The first kappa shape index (κ1) is 25.7. The molecule has 0 aliphatic carbocycles. The Hall–Kier alpha value is -3.92. The van der Waals surface area contributed by atoms with Crippen molar-refractivity contribution in [3.8, 4) is 0 Å². The summed E-state index contributed by atoms with van der Waals surface area (Å²) in [5.74, 6) is -0.748. The minimum absolute atomic E-state index is 0.115. The molecule has 3 aromatic rings. The van der Waals surface area contributed by atoms with Crippen molar-refractivity contribution in [2.24, 2.45) is 4.99 Å². The normalized spacial score (nSPS) is 19.8. The van der Waals surface area contributed by atoms with Crippen LogP contribution in [0.1, 0.15) is 34.3 Å².